The van der Waals surface area contributed by atoms with Crippen LogP contribution in [0.25, 0.3) is 0 Å². The fraction of sp³-hybridized carbons (Fsp3) is 0.737. The summed E-state index contributed by atoms with van der Waals surface area (Å²) in [7, 11) is 0. The zero-order valence-corrected chi connectivity index (χ0v) is 15.5. The number of carbonyl (C=O) groups is 3. The van der Waals surface area contributed by atoms with Crippen LogP contribution in [0.2, 0.25) is 0 Å². The molecule has 0 saturated carbocycles. The van der Waals surface area contributed by atoms with Gasteiger partial charge >= 0.3 is 5.97 Å². The van der Waals surface area contributed by atoms with E-state index in [4.69, 9.17) is 10.8 Å². The van der Waals surface area contributed by atoms with Crippen molar-refractivity contribution in [2.75, 3.05) is 0 Å². The topological polar surface area (TPSA) is 109 Å². The van der Waals surface area contributed by atoms with E-state index >= 15 is 0 Å². The summed E-state index contributed by atoms with van der Waals surface area (Å²) < 4.78 is 0. The molecule has 0 aromatic rings. The molecule has 0 rings (SSSR count). The fourth-order valence-electron chi connectivity index (χ4n) is 2.45. The Morgan fingerprint density at radius 3 is 2.16 bits per heavy atom. The van der Waals surface area contributed by atoms with E-state index in [1.165, 1.54) is 25.7 Å². The van der Waals surface area contributed by atoms with Gasteiger partial charge in [0, 0.05) is 12.8 Å². The number of hydrogen-bond acceptors (Lipinski definition) is 3. The highest BCUT2D eigenvalue weighted by atomic mass is 16.4. The second kappa shape index (κ2) is 15.7. The van der Waals surface area contributed by atoms with Crippen LogP contribution in [0, 0.1) is 0 Å². The smallest absolute Gasteiger partial charge is 0.326 e. The van der Waals surface area contributed by atoms with Crippen molar-refractivity contribution < 1.29 is 19.5 Å². The molecule has 2 amide bonds. The molecule has 0 radical (unpaired) electrons. The van der Waals surface area contributed by atoms with Gasteiger partial charge in [0.1, 0.15) is 6.04 Å². The lowest BCUT2D eigenvalue weighted by Crippen LogP contribution is -2.41. The third-order valence-corrected chi connectivity index (χ3v) is 3.98. The number of primary amides is 1. The normalized spacial score (nSPS) is 12.2. The second-order valence-electron chi connectivity index (χ2n) is 6.38. The average Bonchev–Trinajstić information content (AvgIpc) is 2.56. The molecule has 6 nitrogen and oxygen atoms in total. The van der Waals surface area contributed by atoms with E-state index in [1.54, 1.807) is 0 Å². The maximum atomic E-state index is 11.8. The first-order valence-corrected chi connectivity index (χ1v) is 9.42. The standard InChI is InChI=1S/C19H34N2O4/c1-2-3-4-5-6-7-8-9-10-11-12-13-18(23)21-16(19(24)25)14-15-17(20)22/h5-6,16H,2-4,7-15H2,1H3,(H2,20,22)(H,21,23)(H,24,25)/b6-5-/t16-/m0/s1. The third kappa shape index (κ3) is 15.4. The summed E-state index contributed by atoms with van der Waals surface area (Å²) in [6, 6.07) is -1.04. The first-order chi connectivity index (χ1) is 12.0. The van der Waals surface area contributed by atoms with Gasteiger partial charge in [-0.25, -0.2) is 4.79 Å². The Morgan fingerprint density at radius 1 is 0.960 bits per heavy atom. The number of nitrogens with one attached hydrogen (secondary N) is 1. The molecule has 0 fully saturated rings. The van der Waals surface area contributed by atoms with Crippen molar-refractivity contribution in [3.05, 3.63) is 12.2 Å². The molecule has 25 heavy (non-hydrogen) atoms. The second-order valence-corrected chi connectivity index (χ2v) is 6.38. The number of allylic oxidation sites excluding steroid dienone is 2. The first kappa shape index (κ1) is 23.1. The Labute approximate surface area is 151 Å². The SMILES string of the molecule is CCCC/C=C\CCCCCCCC(=O)N[C@@H](CCC(N)=O)C(=O)O. The molecular formula is C19H34N2O4. The predicted molar refractivity (Wildman–Crippen MR) is 99.0 cm³/mol. The Kier molecular flexibility index (Phi) is 14.5. The molecule has 0 spiro atoms. The Bertz CT molecular complexity index is 422. The molecule has 4 N–H and O–H groups in total. The van der Waals surface area contributed by atoms with Gasteiger partial charge in [0.2, 0.25) is 11.8 Å². The van der Waals surface area contributed by atoms with Gasteiger partial charge in [0.25, 0.3) is 0 Å². The van der Waals surface area contributed by atoms with Gasteiger partial charge in [0.05, 0.1) is 0 Å². The Hall–Kier alpha value is -1.85. The fourth-order valence-corrected chi connectivity index (χ4v) is 2.45. The molecule has 0 aliphatic carbocycles. The Morgan fingerprint density at radius 2 is 1.56 bits per heavy atom. The minimum atomic E-state index is -1.14. The van der Waals surface area contributed by atoms with Gasteiger partial charge in [0.15, 0.2) is 0 Å². The molecule has 0 aromatic heterocycles. The minimum Gasteiger partial charge on any atom is -0.480 e. The van der Waals surface area contributed by atoms with Gasteiger partial charge in [-0.3, -0.25) is 9.59 Å². The largest absolute Gasteiger partial charge is 0.480 e. The number of hydrogen-bond donors (Lipinski definition) is 3. The number of amides is 2. The lowest BCUT2D eigenvalue weighted by Gasteiger charge is -2.13. The quantitative estimate of drug-likeness (QED) is 0.292. The van der Waals surface area contributed by atoms with Crippen LogP contribution in [0.5, 0.6) is 0 Å². The monoisotopic (exact) mass is 354 g/mol. The van der Waals surface area contributed by atoms with Crippen molar-refractivity contribution in [2.24, 2.45) is 5.73 Å². The number of carboxylic acid groups (broad SMARTS) is 1. The van der Waals surface area contributed by atoms with Crippen LogP contribution < -0.4 is 11.1 Å². The van der Waals surface area contributed by atoms with E-state index in [9.17, 15) is 14.4 Å². The van der Waals surface area contributed by atoms with Crippen molar-refractivity contribution in [3.8, 4) is 0 Å². The number of carboxylic acids is 1. The number of unbranched alkanes of at least 4 members (excludes halogenated alkanes) is 7. The molecule has 144 valence electrons. The first-order valence-electron chi connectivity index (χ1n) is 9.42. The average molecular weight is 354 g/mol. The maximum Gasteiger partial charge on any atom is 0.326 e. The molecule has 0 aliphatic rings. The van der Waals surface area contributed by atoms with Gasteiger partial charge in [-0.15, -0.1) is 0 Å². The van der Waals surface area contributed by atoms with Gasteiger partial charge < -0.3 is 16.2 Å². The summed E-state index contributed by atoms with van der Waals surface area (Å²) in [5.41, 5.74) is 5.00. The molecule has 6 heteroatoms. The van der Waals surface area contributed by atoms with Crippen molar-refractivity contribution in [1.29, 1.82) is 0 Å². The van der Waals surface area contributed by atoms with E-state index in [0.29, 0.717) is 6.42 Å². The van der Waals surface area contributed by atoms with E-state index in [1.807, 2.05) is 0 Å². The highest BCUT2D eigenvalue weighted by molar-refractivity contribution is 5.84. The van der Waals surface area contributed by atoms with Crippen LogP contribution in [0.15, 0.2) is 12.2 Å². The van der Waals surface area contributed by atoms with Crippen LogP contribution in [-0.4, -0.2) is 28.9 Å². The third-order valence-electron chi connectivity index (χ3n) is 3.98. The van der Waals surface area contributed by atoms with Crippen molar-refractivity contribution in [2.45, 2.75) is 90.0 Å². The zero-order chi connectivity index (χ0) is 18.9. The van der Waals surface area contributed by atoms with Gasteiger partial charge in [-0.05, 0) is 32.1 Å². The van der Waals surface area contributed by atoms with E-state index in [2.05, 4.69) is 24.4 Å². The number of carbonyl (C=O) groups excluding carboxylic acids is 2. The lowest BCUT2D eigenvalue weighted by molar-refractivity contribution is -0.142. The van der Waals surface area contributed by atoms with Crippen LogP contribution in [0.3, 0.4) is 0 Å². The number of nitrogens with two attached hydrogens (primary N) is 1. The van der Waals surface area contributed by atoms with Crippen LogP contribution in [-0.2, 0) is 14.4 Å². The summed E-state index contributed by atoms with van der Waals surface area (Å²) in [5, 5.41) is 11.5. The summed E-state index contributed by atoms with van der Waals surface area (Å²) >= 11 is 0. The van der Waals surface area contributed by atoms with Crippen molar-refractivity contribution >= 4 is 17.8 Å². The van der Waals surface area contributed by atoms with E-state index in [0.717, 1.165) is 32.1 Å². The summed E-state index contributed by atoms with van der Waals surface area (Å²) in [5.74, 6) is -1.99. The highest BCUT2D eigenvalue weighted by Crippen LogP contribution is 2.08. The van der Waals surface area contributed by atoms with Crippen LogP contribution in [0.1, 0.15) is 84.0 Å². The highest BCUT2D eigenvalue weighted by Gasteiger charge is 2.20. The molecule has 0 aliphatic heterocycles. The summed E-state index contributed by atoms with van der Waals surface area (Å²) in [4.78, 5) is 33.5. The molecule has 0 aromatic carbocycles. The van der Waals surface area contributed by atoms with Crippen molar-refractivity contribution in [1.82, 2.24) is 5.32 Å². The molecule has 0 bridgehead atoms. The van der Waals surface area contributed by atoms with Crippen LogP contribution >= 0.6 is 0 Å². The van der Waals surface area contributed by atoms with E-state index in [-0.39, 0.29) is 18.7 Å². The maximum absolute atomic E-state index is 11.8. The molecule has 0 unspecified atom stereocenters. The van der Waals surface area contributed by atoms with Gasteiger partial charge in [-0.2, -0.15) is 0 Å². The minimum absolute atomic E-state index is 0.0299. The number of aliphatic carboxylic acids is 1. The lowest BCUT2D eigenvalue weighted by atomic mass is 10.1. The molecule has 1 atom stereocenters. The zero-order valence-electron chi connectivity index (χ0n) is 15.5. The molecular weight excluding hydrogens is 320 g/mol. The molecule has 0 saturated heterocycles. The summed E-state index contributed by atoms with van der Waals surface area (Å²) in [6.07, 6.45) is 14.7. The van der Waals surface area contributed by atoms with E-state index < -0.39 is 17.9 Å². The number of rotatable bonds is 16. The van der Waals surface area contributed by atoms with Gasteiger partial charge in [-0.1, -0.05) is 51.2 Å². The van der Waals surface area contributed by atoms with Crippen LogP contribution in [0.4, 0.5) is 0 Å². The predicted octanol–water partition coefficient (Wildman–Crippen LogP) is 3.30. The Balaban J connectivity index is 3.66. The molecule has 0 heterocycles. The van der Waals surface area contributed by atoms with Crippen molar-refractivity contribution in [3.63, 3.8) is 0 Å². The summed E-state index contributed by atoms with van der Waals surface area (Å²) in [6.45, 7) is 2.19.